The monoisotopic (exact) mass is 417 g/mol. The summed E-state index contributed by atoms with van der Waals surface area (Å²) in [6.07, 6.45) is 1.62. The van der Waals surface area contributed by atoms with Gasteiger partial charge < -0.3 is 9.47 Å². The van der Waals surface area contributed by atoms with Crippen LogP contribution in [0.3, 0.4) is 0 Å². The first-order chi connectivity index (χ1) is 14.5. The van der Waals surface area contributed by atoms with E-state index in [4.69, 9.17) is 21.1 Å². The minimum atomic E-state index is -0.543. The summed E-state index contributed by atoms with van der Waals surface area (Å²) in [6, 6.07) is 20.9. The average Bonchev–Trinajstić information content (AvgIpc) is 3.10. The number of rotatable bonds is 4. The molecule has 0 fully saturated rings. The number of carbonyl (C=O) groups is 2. The fourth-order valence-corrected chi connectivity index (χ4v) is 3.13. The molecule has 1 heterocycles. The van der Waals surface area contributed by atoms with Crippen molar-refractivity contribution in [1.82, 2.24) is 0 Å². The third-order valence-electron chi connectivity index (χ3n) is 4.48. The molecule has 3 aromatic carbocycles. The second-order valence-electron chi connectivity index (χ2n) is 6.59. The summed E-state index contributed by atoms with van der Waals surface area (Å²) in [5.41, 5.74) is 2.95. The van der Waals surface area contributed by atoms with E-state index in [0.717, 1.165) is 11.1 Å². The largest absolute Gasteiger partial charge is 0.423 e. The van der Waals surface area contributed by atoms with Crippen LogP contribution in [-0.4, -0.2) is 17.8 Å². The van der Waals surface area contributed by atoms with Crippen molar-refractivity contribution in [2.24, 2.45) is 4.99 Å². The predicted molar refractivity (Wildman–Crippen MR) is 115 cm³/mol. The molecular formula is C24H16ClNO4. The van der Waals surface area contributed by atoms with Crippen molar-refractivity contribution in [1.29, 1.82) is 0 Å². The van der Waals surface area contributed by atoms with Crippen molar-refractivity contribution >= 4 is 35.5 Å². The van der Waals surface area contributed by atoms with Gasteiger partial charge in [0, 0.05) is 5.56 Å². The summed E-state index contributed by atoms with van der Waals surface area (Å²) in [7, 11) is 0. The van der Waals surface area contributed by atoms with E-state index in [9.17, 15) is 9.59 Å². The number of cyclic esters (lactones) is 1. The quantitative estimate of drug-likeness (QED) is 0.332. The summed E-state index contributed by atoms with van der Waals surface area (Å²) in [5, 5.41) is 0.325. The third kappa shape index (κ3) is 4.16. The van der Waals surface area contributed by atoms with Gasteiger partial charge in [-0.05, 0) is 54.5 Å². The normalized spacial score (nSPS) is 14.4. The lowest BCUT2D eigenvalue weighted by Gasteiger charge is -2.06. The number of nitrogens with zero attached hydrogens (tertiary/aromatic N) is 1. The Morgan fingerprint density at radius 1 is 1.00 bits per heavy atom. The van der Waals surface area contributed by atoms with Gasteiger partial charge in [-0.3, -0.25) is 0 Å². The molecule has 148 valence electrons. The molecule has 3 aromatic rings. The van der Waals surface area contributed by atoms with E-state index in [-0.39, 0.29) is 17.2 Å². The van der Waals surface area contributed by atoms with Crippen LogP contribution in [0.25, 0.3) is 6.08 Å². The predicted octanol–water partition coefficient (Wildman–Crippen LogP) is 5.21. The van der Waals surface area contributed by atoms with Crippen molar-refractivity contribution in [3.8, 4) is 5.75 Å². The van der Waals surface area contributed by atoms with Crippen LogP contribution >= 0.6 is 11.6 Å². The molecule has 4 rings (SSSR count). The zero-order chi connectivity index (χ0) is 21.1. The van der Waals surface area contributed by atoms with Gasteiger partial charge >= 0.3 is 11.9 Å². The van der Waals surface area contributed by atoms with Gasteiger partial charge in [0.2, 0.25) is 5.90 Å². The molecule has 0 amide bonds. The number of aryl methyl sites for hydroxylation is 1. The van der Waals surface area contributed by atoms with Crippen molar-refractivity contribution in [3.63, 3.8) is 0 Å². The lowest BCUT2D eigenvalue weighted by atomic mass is 10.1. The van der Waals surface area contributed by atoms with Crippen LogP contribution in [-0.2, 0) is 9.53 Å². The number of benzene rings is 3. The molecule has 30 heavy (non-hydrogen) atoms. The minimum Gasteiger partial charge on any atom is -0.423 e. The second kappa shape index (κ2) is 8.35. The molecule has 0 radical (unpaired) electrons. The molecule has 1 aliphatic rings. The zero-order valence-corrected chi connectivity index (χ0v) is 16.7. The number of hydrogen-bond donors (Lipinski definition) is 0. The molecule has 0 saturated carbocycles. The van der Waals surface area contributed by atoms with Gasteiger partial charge in [-0.15, -0.1) is 0 Å². The molecule has 5 nitrogen and oxygen atoms in total. The van der Waals surface area contributed by atoms with Gasteiger partial charge in [-0.25, -0.2) is 14.6 Å². The van der Waals surface area contributed by atoms with Crippen LogP contribution in [0, 0.1) is 6.92 Å². The Hall–Kier alpha value is -3.70. The van der Waals surface area contributed by atoms with Crippen molar-refractivity contribution in [3.05, 3.63) is 106 Å². The highest BCUT2D eigenvalue weighted by atomic mass is 35.5. The van der Waals surface area contributed by atoms with Crippen LogP contribution in [0.15, 0.2) is 83.5 Å². The molecule has 0 unspecified atom stereocenters. The topological polar surface area (TPSA) is 65.0 Å². The lowest BCUT2D eigenvalue weighted by molar-refractivity contribution is -0.129. The Kier molecular flexibility index (Phi) is 5.46. The summed E-state index contributed by atoms with van der Waals surface area (Å²) in [6.45, 7) is 1.93. The van der Waals surface area contributed by atoms with Crippen LogP contribution < -0.4 is 4.74 Å². The molecule has 0 bridgehead atoms. The lowest BCUT2D eigenvalue weighted by Crippen LogP contribution is -2.08. The Morgan fingerprint density at radius 2 is 1.70 bits per heavy atom. The molecule has 0 saturated heterocycles. The van der Waals surface area contributed by atoms with Crippen molar-refractivity contribution in [2.45, 2.75) is 6.92 Å². The van der Waals surface area contributed by atoms with E-state index in [1.807, 2.05) is 31.2 Å². The Bertz CT molecular complexity index is 1200. The Labute approximate surface area is 178 Å². The fraction of sp³-hybridized carbons (Fsp3) is 0.0417. The van der Waals surface area contributed by atoms with E-state index in [2.05, 4.69) is 4.99 Å². The number of esters is 2. The zero-order valence-electron chi connectivity index (χ0n) is 16.0. The van der Waals surface area contributed by atoms with Gasteiger partial charge in [0.15, 0.2) is 5.70 Å². The number of halogens is 1. The van der Waals surface area contributed by atoms with Crippen molar-refractivity contribution < 1.29 is 19.1 Å². The Morgan fingerprint density at radius 3 is 2.43 bits per heavy atom. The molecule has 0 N–H and O–H groups in total. The maximum atomic E-state index is 12.2. The van der Waals surface area contributed by atoms with Gasteiger partial charge in [0.05, 0.1) is 10.6 Å². The second-order valence-corrected chi connectivity index (χ2v) is 7.00. The minimum absolute atomic E-state index is 0.203. The summed E-state index contributed by atoms with van der Waals surface area (Å²) in [5.74, 6) is -0.407. The van der Waals surface area contributed by atoms with E-state index in [0.29, 0.717) is 16.3 Å². The van der Waals surface area contributed by atoms with Crippen LogP contribution in [0.5, 0.6) is 5.75 Å². The maximum Gasteiger partial charge on any atom is 0.363 e. The SMILES string of the molecule is Cc1ccccc1C1=N/C(=C\c2ccc(OC(=O)c3ccccc3Cl)cc2)C(=O)O1. The van der Waals surface area contributed by atoms with E-state index in [1.54, 1.807) is 54.6 Å². The highest BCUT2D eigenvalue weighted by Gasteiger charge is 2.25. The third-order valence-corrected chi connectivity index (χ3v) is 4.81. The van der Waals surface area contributed by atoms with Crippen LogP contribution in [0.4, 0.5) is 0 Å². The average molecular weight is 418 g/mol. The first kappa shape index (κ1) is 19.6. The highest BCUT2D eigenvalue weighted by molar-refractivity contribution is 6.33. The molecule has 0 spiro atoms. The van der Waals surface area contributed by atoms with Gasteiger partial charge in [0.1, 0.15) is 5.75 Å². The molecule has 0 aliphatic carbocycles. The smallest absolute Gasteiger partial charge is 0.363 e. The highest BCUT2D eigenvalue weighted by Crippen LogP contribution is 2.23. The van der Waals surface area contributed by atoms with E-state index in [1.165, 1.54) is 0 Å². The molecular weight excluding hydrogens is 402 g/mol. The molecule has 6 heteroatoms. The van der Waals surface area contributed by atoms with E-state index >= 15 is 0 Å². The number of aliphatic imine (C=N–C) groups is 1. The van der Waals surface area contributed by atoms with Gasteiger partial charge in [-0.2, -0.15) is 0 Å². The Balaban J connectivity index is 1.51. The number of hydrogen-bond acceptors (Lipinski definition) is 5. The molecule has 0 atom stereocenters. The van der Waals surface area contributed by atoms with Gasteiger partial charge in [-0.1, -0.05) is 54.1 Å². The standard InChI is InChI=1S/C24H16ClNO4/c1-15-6-2-3-7-18(15)22-26-21(24(28)30-22)14-16-10-12-17(13-11-16)29-23(27)19-8-4-5-9-20(19)25/h2-14H,1H3/b21-14-. The molecule has 0 aromatic heterocycles. The van der Waals surface area contributed by atoms with Crippen molar-refractivity contribution in [2.75, 3.05) is 0 Å². The van der Waals surface area contributed by atoms with Crippen LogP contribution in [0.1, 0.15) is 27.0 Å². The summed E-state index contributed by atoms with van der Waals surface area (Å²) in [4.78, 5) is 28.8. The summed E-state index contributed by atoms with van der Waals surface area (Å²) >= 11 is 6.02. The first-order valence-electron chi connectivity index (χ1n) is 9.16. The first-order valence-corrected chi connectivity index (χ1v) is 9.54. The number of ether oxygens (including phenoxy) is 2. The van der Waals surface area contributed by atoms with Gasteiger partial charge in [0.25, 0.3) is 0 Å². The van der Waals surface area contributed by atoms with E-state index < -0.39 is 11.9 Å². The summed E-state index contributed by atoms with van der Waals surface area (Å²) < 4.78 is 10.7. The molecule has 1 aliphatic heterocycles. The number of carbonyl (C=O) groups excluding carboxylic acids is 2. The van der Waals surface area contributed by atoms with Crippen LogP contribution in [0.2, 0.25) is 5.02 Å². The fourth-order valence-electron chi connectivity index (χ4n) is 2.92. The maximum absolute atomic E-state index is 12.2.